The van der Waals surface area contributed by atoms with Crippen LogP contribution >= 0.6 is 0 Å². The summed E-state index contributed by atoms with van der Waals surface area (Å²) in [5.74, 6) is -0.246. The SMILES string of the molecule is CCOCCCOC(=O)c1ccc(O)cc1. The smallest absolute Gasteiger partial charge is 0.338 e. The first-order chi connectivity index (χ1) is 7.74. The maximum atomic E-state index is 11.4. The summed E-state index contributed by atoms with van der Waals surface area (Å²) in [5.41, 5.74) is 0.439. The van der Waals surface area contributed by atoms with Crippen LogP contribution in [0.25, 0.3) is 0 Å². The summed E-state index contributed by atoms with van der Waals surface area (Å²) in [6.07, 6.45) is 0.692. The van der Waals surface area contributed by atoms with Crippen LogP contribution < -0.4 is 0 Å². The number of aromatic hydroxyl groups is 1. The second-order valence-electron chi connectivity index (χ2n) is 3.23. The van der Waals surface area contributed by atoms with E-state index >= 15 is 0 Å². The Balaban J connectivity index is 2.27. The van der Waals surface area contributed by atoms with Crippen molar-refractivity contribution in [1.29, 1.82) is 0 Å². The molecule has 0 heterocycles. The summed E-state index contributed by atoms with van der Waals surface area (Å²) in [4.78, 5) is 11.4. The van der Waals surface area contributed by atoms with Crippen LogP contribution in [0.4, 0.5) is 0 Å². The van der Waals surface area contributed by atoms with E-state index in [1.54, 1.807) is 0 Å². The van der Waals surface area contributed by atoms with Crippen LogP contribution in [0.2, 0.25) is 0 Å². The highest BCUT2D eigenvalue weighted by atomic mass is 16.5. The van der Waals surface area contributed by atoms with Crippen molar-refractivity contribution >= 4 is 5.97 Å². The average Bonchev–Trinajstić information content (AvgIpc) is 2.29. The molecule has 0 bridgehead atoms. The van der Waals surface area contributed by atoms with E-state index in [9.17, 15) is 4.79 Å². The normalized spacial score (nSPS) is 10.1. The van der Waals surface area contributed by atoms with Gasteiger partial charge in [-0.2, -0.15) is 0 Å². The van der Waals surface area contributed by atoms with Crippen molar-refractivity contribution < 1.29 is 19.4 Å². The molecule has 0 saturated heterocycles. The lowest BCUT2D eigenvalue weighted by molar-refractivity contribution is 0.0452. The van der Waals surface area contributed by atoms with Gasteiger partial charge in [-0.3, -0.25) is 0 Å². The molecule has 88 valence electrons. The van der Waals surface area contributed by atoms with Gasteiger partial charge >= 0.3 is 5.97 Å². The highest BCUT2D eigenvalue weighted by Gasteiger charge is 2.05. The van der Waals surface area contributed by atoms with Crippen LogP contribution in [-0.2, 0) is 9.47 Å². The first-order valence-electron chi connectivity index (χ1n) is 5.28. The van der Waals surface area contributed by atoms with E-state index in [1.165, 1.54) is 24.3 Å². The van der Waals surface area contributed by atoms with E-state index in [1.807, 2.05) is 6.92 Å². The molecule has 0 aromatic heterocycles. The maximum absolute atomic E-state index is 11.4. The molecule has 0 spiro atoms. The number of carbonyl (C=O) groups is 1. The Hall–Kier alpha value is -1.55. The summed E-state index contributed by atoms with van der Waals surface area (Å²) in [6, 6.07) is 5.97. The molecular formula is C12H16O4. The number of phenolic OH excluding ortho intramolecular Hbond substituents is 1. The van der Waals surface area contributed by atoms with Gasteiger partial charge in [0.05, 0.1) is 12.2 Å². The minimum absolute atomic E-state index is 0.132. The fourth-order valence-corrected chi connectivity index (χ4v) is 1.15. The molecule has 4 nitrogen and oxygen atoms in total. The molecule has 1 aromatic carbocycles. The molecule has 0 amide bonds. The van der Waals surface area contributed by atoms with Crippen LogP contribution in [0.3, 0.4) is 0 Å². The summed E-state index contributed by atoms with van der Waals surface area (Å²) in [5, 5.41) is 9.04. The van der Waals surface area contributed by atoms with Crippen LogP contribution in [0.1, 0.15) is 23.7 Å². The number of ether oxygens (including phenoxy) is 2. The number of rotatable bonds is 6. The summed E-state index contributed by atoms with van der Waals surface area (Å²) in [7, 11) is 0. The third kappa shape index (κ3) is 4.31. The Kier molecular flexibility index (Phi) is 5.36. The van der Waals surface area contributed by atoms with Gasteiger partial charge in [-0.25, -0.2) is 4.79 Å². The lowest BCUT2D eigenvalue weighted by Gasteiger charge is -2.04. The molecule has 4 heteroatoms. The van der Waals surface area contributed by atoms with Gasteiger partial charge in [0.1, 0.15) is 5.75 Å². The maximum Gasteiger partial charge on any atom is 0.338 e. The van der Waals surface area contributed by atoms with E-state index < -0.39 is 0 Å². The standard InChI is InChI=1S/C12H16O4/c1-2-15-8-3-9-16-12(14)10-4-6-11(13)7-5-10/h4-7,13H,2-3,8-9H2,1H3. The molecule has 0 unspecified atom stereocenters. The Morgan fingerprint density at radius 1 is 1.25 bits per heavy atom. The number of hydrogen-bond donors (Lipinski definition) is 1. The Morgan fingerprint density at radius 2 is 1.94 bits per heavy atom. The van der Waals surface area contributed by atoms with E-state index in [0.29, 0.717) is 31.8 Å². The molecule has 0 saturated carbocycles. The number of phenols is 1. The summed E-state index contributed by atoms with van der Waals surface area (Å²) in [6.45, 7) is 3.54. The van der Waals surface area contributed by atoms with Gasteiger partial charge in [-0.1, -0.05) is 0 Å². The lowest BCUT2D eigenvalue weighted by Crippen LogP contribution is -2.08. The van der Waals surface area contributed by atoms with Gasteiger partial charge in [0.15, 0.2) is 0 Å². The minimum atomic E-state index is -0.378. The first-order valence-corrected chi connectivity index (χ1v) is 5.28. The molecule has 0 fully saturated rings. The fourth-order valence-electron chi connectivity index (χ4n) is 1.15. The van der Waals surface area contributed by atoms with Gasteiger partial charge in [0.2, 0.25) is 0 Å². The highest BCUT2D eigenvalue weighted by molar-refractivity contribution is 5.89. The minimum Gasteiger partial charge on any atom is -0.508 e. The van der Waals surface area contributed by atoms with E-state index in [-0.39, 0.29) is 11.7 Å². The zero-order chi connectivity index (χ0) is 11.8. The largest absolute Gasteiger partial charge is 0.508 e. The van der Waals surface area contributed by atoms with Crippen LogP contribution in [0, 0.1) is 0 Å². The van der Waals surface area contributed by atoms with Crippen molar-refractivity contribution in [3.8, 4) is 5.75 Å². The molecule has 0 atom stereocenters. The predicted octanol–water partition coefficient (Wildman–Crippen LogP) is 1.98. The summed E-state index contributed by atoms with van der Waals surface area (Å²) < 4.78 is 10.1. The van der Waals surface area contributed by atoms with Crippen molar-refractivity contribution in [2.75, 3.05) is 19.8 Å². The number of carbonyl (C=O) groups excluding carboxylic acids is 1. The molecule has 0 aliphatic heterocycles. The first kappa shape index (κ1) is 12.5. The van der Waals surface area contributed by atoms with Gasteiger partial charge in [-0.15, -0.1) is 0 Å². The second-order valence-corrected chi connectivity index (χ2v) is 3.23. The van der Waals surface area contributed by atoms with Gasteiger partial charge in [0.25, 0.3) is 0 Å². The fraction of sp³-hybridized carbons (Fsp3) is 0.417. The van der Waals surface area contributed by atoms with Gasteiger partial charge < -0.3 is 14.6 Å². The third-order valence-electron chi connectivity index (χ3n) is 1.97. The van der Waals surface area contributed by atoms with E-state index in [2.05, 4.69) is 0 Å². The van der Waals surface area contributed by atoms with Crippen molar-refractivity contribution in [3.05, 3.63) is 29.8 Å². The molecule has 16 heavy (non-hydrogen) atoms. The van der Waals surface area contributed by atoms with Gasteiger partial charge in [0, 0.05) is 19.6 Å². The lowest BCUT2D eigenvalue weighted by atomic mass is 10.2. The Bertz CT molecular complexity index is 318. The number of hydrogen-bond acceptors (Lipinski definition) is 4. The van der Waals surface area contributed by atoms with Crippen LogP contribution in [-0.4, -0.2) is 30.9 Å². The number of esters is 1. The second kappa shape index (κ2) is 6.85. The molecule has 1 rings (SSSR count). The predicted molar refractivity (Wildman–Crippen MR) is 59.5 cm³/mol. The highest BCUT2D eigenvalue weighted by Crippen LogP contribution is 2.10. The van der Waals surface area contributed by atoms with Gasteiger partial charge in [-0.05, 0) is 31.2 Å². The van der Waals surface area contributed by atoms with Crippen molar-refractivity contribution in [2.45, 2.75) is 13.3 Å². The zero-order valence-electron chi connectivity index (χ0n) is 9.31. The zero-order valence-corrected chi connectivity index (χ0v) is 9.31. The monoisotopic (exact) mass is 224 g/mol. The molecule has 0 radical (unpaired) electrons. The van der Waals surface area contributed by atoms with Crippen molar-refractivity contribution in [3.63, 3.8) is 0 Å². The molecule has 1 N–H and O–H groups in total. The molecular weight excluding hydrogens is 208 g/mol. The van der Waals surface area contributed by atoms with Crippen molar-refractivity contribution in [1.82, 2.24) is 0 Å². The third-order valence-corrected chi connectivity index (χ3v) is 1.97. The van der Waals surface area contributed by atoms with E-state index in [0.717, 1.165) is 0 Å². The molecule has 1 aromatic rings. The van der Waals surface area contributed by atoms with Crippen LogP contribution in [0.5, 0.6) is 5.75 Å². The number of benzene rings is 1. The quantitative estimate of drug-likeness (QED) is 0.593. The van der Waals surface area contributed by atoms with Crippen molar-refractivity contribution in [2.24, 2.45) is 0 Å². The Morgan fingerprint density at radius 3 is 2.56 bits per heavy atom. The van der Waals surface area contributed by atoms with E-state index in [4.69, 9.17) is 14.6 Å². The summed E-state index contributed by atoms with van der Waals surface area (Å²) >= 11 is 0. The molecule has 0 aliphatic carbocycles. The molecule has 0 aliphatic rings. The van der Waals surface area contributed by atoms with Crippen LogP contribution in [0.15, 0.2) is 24.3 Å². The topological polar surface area (TPSA) is 55.8 Å². The Labute approximate surface area is 94.8 Å². The average molecular weight is 224 g/mol.